The Balaban J connectivity index is 2.69. The van der Waals surface area contributed by atoms with E-state index in [-0.39, 0.29) is 19.9 Å². The van der Waals surface area contributed by atoms with Gasteiger partial charge in [-0.05, 0) is 26.7 Å². The van der Waals surface area contributed by atoms with Gasteiger partial charge in [-0.15, -0.1) is 0 Å². The van der Waals surface area contributed by atoms with Crippen molar-refractivity contribution in [2.24, 2.45) is 0 Å². The van der Waals surface area contributed by atoms with Crippen molar-refractivity contribution in [1.82, 2.24) is 4.90 Å². The maximum absolute atomic E-state index is 11.7. The zero-order valence-electron chi connectivity index (χ0n) is 8.27. The normalized spacial score (nSPS) is 20.2. The summed E-state index contributed by atoms with van der Waals surface area (Å²) in [4.78, 5) is 13.6. The topological polar surface area (TPSA) is 20.3 Å². The number of rotatable bonds is 2. The van der Waals surface area contributed by atoms with E-state index in [1.54, 1.807) is 0 Å². The molecule has 1 amide bonds. The van der Waals surface area contributed by atoms with Crippen LogP contribution in [-0.4, -0.2) is 31.3 Å². The maximum Gasteiger partial charge on any atom is 0.222 e. The van der Waals surface area contributed by atoms with Gasteiger partial charge in [-0.3, -0.25) is 4.79 Å². The van der Waals surface area contributed by atoms with Gasteiger partial charge in [0, 0.05) is 18.1 Å². The van der Waals surface area contributed by atoms with Crippen molar-refractivity contribution in [3.8, 4) is 0 Å². The van der Waals surface area contributed by atoms with Crippen molar-refractivity contribution >= 4 is 25.8 Å². The number of amides is 1. The van der Waals surface area contributed by atoms with Gasteiger partial charge in [0.05, 0.1) is 0 Å². The molecule has 0 saturated carbocycles. The Morgan fingerprint density at radius 2 is 2.08 bits per heavy atom. The molecule has 0 bridgehead atoms. The number of nitrogens with zero attached hydrogens (tertiary/aromatic N) is 1. The SMILES string of the molecule is CC(C)([Si]Cl)N1CCCCCC1=O. The minimum Gasteiger partial charge on any atom is -0.339 e. The Morgan fingerprint density at radius 1 is 1.38 bits per heavy atom. The van der Waals surface area contributed by atoms with Crippen LogP contribution in [0.5, 0.6) is 0 Å². The van der Waals surface area contributed by atoms with Gasteiger partial charge in [-0.2, -0.15) is 11.1 Å². The minimum atomic E-state index is -0.150. The first-order valence-electron chi connectivity index (χ1n) is 4.76. The van der Waals surface area contributed by atoms with Crippen molar-refractivity contribution in [2.75, 3.05) is 6.54 Å². The van der Waals surface area contributed by atoms with Crippen LogP contribution in [0.25, 0.3) is 0 Å². The van der Waals surface area contributed by atoms with E-state index in [9.17, 15) is 4.79 Å². The molecule has 2 nitrogen and oxygen atoms in total. The van der Waals surface area contributed by atoms with Gasteiger partial charge in [-0.25, -0.2) is 0 Å². The van der Waals surface area contributed by atoms with E-state index >= 15 is 0 Å². The molecule has 0 aromatic carbocycles. The second-order valence-electron chi connectivity index (χ2n) is 4.01. The van der Waals surface area contributed by atoms with Crippen LogP contribution in [0.15, 0.2) is 0 Å². The highest BCUT2D eigenvalue weighted by Gasteiger charge is 2.31. The summed E-state index contributed by atoms with van der Waals surface area (Å²) in [5.74, 6) is 0.274. The number of hydrogen-bond donors (Lipinski definition) is 0. The predicted molar refractivity (Wildman–Crippen MR) is 55.9 cm³/mol. The van der Waals surface area contributed by atoms with E-state index < -0.39 is 0 Å². The second kappa shape index (κ2) is 4.47. The second-order valence-corrected chi connectivity index (χ2v) is 5.99. The van der Waals surface area contributed by atoms with Crippen molar-refractivity contribution in [3.05, 3.63) is 0 Å². The van der Waals surface area contributed by atoms with E-state index in [0.717, 1.165) is 19.4 Å². The van der Waals surface area contributed by atoms with Crippen LogP contribution < -0.4 is 0 Å². The van der Waals surface area contributed by atoms with Crippen LogP contribution in [0.4, 0.5) is 0 Å². The fourth-order valence-corrected chi connectivity index (χ4v) is 2.27. The summed E-state index contributed by atoms with van der Waals surface area (Å²) in [5, 5.41) is -0.150. The average Bonchev–Trinajstić information content (AvgIpc) is 2.30. The van der Waals surface area contributed by atoms with Crippen LogP contribution in [0.2, 0.25) is 0 Å². The molecule has 1 saturated heterocycles. The lowest BCUT2D eigenvalue weighted by Gasteiger charge is -2.35. The third-order valence-corrected chi connectivity index (χ3v) is 4.60. The molecule has 74 valence electrons. The van der Waals surface area contributed by atoms with Crippen LogP contribution in [0.1, 0.15) is 39.5 Å². The summed E-state index contributed by atoms with van der Waals surface area (Å²) in [6.07, 6.45) is 4.03. The highest BCUT2D eigenvalue weighted by molar-refractivity contribution is 6.95. The fraction of sp³-hybridized carbons (Fsp3) is 0.889. The first kappa shape index (κ1) is 11.1. The Kier molecular flexibility index (Phi) is 3.80. The van der Waals surface area contributed by atoms with E-state index in [0.29, 0.717) is 6.42 Å². The van der Waals surface area contributed by atoms with E-state index in [1.165, 1.54) is 6.42 Å². The number of halogens is 1. The van der Waals surface area contributed by atoms with Crippen LogP contribution in [0.3, 0.4) is 0 Å². The van der Waals surface area contributed by atoms with Gasteiger partial charge >= 0.3 is 0 Å². The lowest BCUT2D eigenvalue weighted by atomic mass is 10.2. The molecule has 4 heteroatoms. The number of hydrogen-bond acceptors (Lipinski definition) is 1. The Labute approximate surface area is 87.2 Å². The largest absolute Gasteiger partial charge is 0.339 e. The summed E-state index contributed by atoms with van der Waals surface area (Å²) < 4.78 is 0. The maximum atomic E-state index is 11.7. The van der Waals surface area contributed by atoms with Gasteiger partial charge in [-0.1, -0.05) is 6.42 Å². The van der Waals surface area contributed by atoms with E-state index in [2.05, 4.69) is 0 Å². The summed E-state index contributed by atoms with van der Waals surface area (Å²) in [7, 11) is 0.276. The third kappa shape index (κ3) is 2.71. The molecule has 13 heavy (non-hydrogen) atoms. The number of likely N-dealkylation sites (tertiary alicyclic amines) is 1. The zero-order chi connectivity index (χ0) is 9.90. The van der Waals surface area contributed by atoms with Gasteiger partial charge in [0.1, 0.15) is 0 Å². The van der Waals surface area contributed by atoms with Crippen LogP contribution >= 0.6 is 11.1 Å². The van der Waals surface area contributed by atoms with Gasteiger partial charge in [0.15, 0.2) is 0 Å². The first-order valence-corrected chi connectivity index (χ1v) is 6.77. The van der Waals surface area contributed by atoms with Crippen molar-refractivity contribution in [1.29, 1.82) is 0 Å². The predicted octanol–water partition coefficient (Wildman–Crippen LogP) is 1.98. The lowest BCUT2D eigenvalue weighted by Crippen LogP contribution is -2.50. The molecule has 0 spiro atoms. The molecule has 0 aromatic rings. The molecule has 1 aliphatic rings. The third-order valence-electron chi connectivity index (χ3n) is 2.48. The molecule has 0 aromatic heterocycles. The molecule has 1 aliphatic heterocycles. The molecular formula is C9H16ClNOSi. The minimum absolute atomic E-state index is 0.150. The highest BCUT2D eigenvalue weighted by Crippen LogP contribution is 2.20. The number of carbonyl (C=O) groups excluding carboxylic acids is 1. The molecule has 1 fully saturated rings. The number of carbonyl (C=O) groups is 1. The molecule has 0 atom stereocenters. The van der Waals surface area contributed by atoms with Gasteiger partial charge in [0.2, 0.25) is 14.7 Å². The standard InChI is InChI=1S/C9H16ClNOSi/c1-9(2,13-10)11-7-5-3-4-6-8(11)12/h3-7H2,1-2H3. The summed E-state index contributed by atoms with van der Waals surface area (Å²) in [6, 6.07) is 0. The van der Waals surface area contributed by atoms with Crippen LogP contribution in [0, 0.1) is 0 Å². The highest BCUT2D eigenvalue weighted by atomic mass is 35.6. The van der Waals surface area contributed by atoms with Gasteiger partial charge < -0.3 is 4.90 Å². The average molecular weight is 218 g/mol. The lowest BCUT2D eigenvalue weighted by molar-refractivity contribution is -0.133. The summed E-state index contributed by atoms with van der Waals surface area (Å²) in [6.45, 7) is 4.97. The fourth-order valence-electron chi connectivity index (χ4n) is 1.62. The molecule has 2 radical (unpaired) electrons. The van der Waals surface area contributed by atoms with E-state index in [4.69, 9.17) is 11.1 Å². The zero-order valence-corrected chi connectivity index (χ0v) is 10.0. The molecular weight excluding hydrogens is 202 g/mol. The summed E-state index contributed by atoms with van der Waals surface area (Å²) in [5.41, 5.74) is 0. The van der Waals surface area contributed by atoms with Gasteiger partial charge in [0.25, 0.3) is 0 Å². The smallest absolute Gasteiger partial charge is 0.222 e. The molecule has 0 unspecified atom stereocenters. The first-order chi connectivity index (χ1) is 6.08. The summed E-state index contributed by atoms with van der Waals surface area (Å²) >= 11 is 5.88. The van der Waals surface area contributed by atoms with Crippen LogP contribution in [-0.2, 0) is 4.79 Å². The molecule has 0 N–H and O–H groups in total. The van der Waals surface area contributed by atoms with Crippen molar-refractivity contribution in [3.63, 3.8) is 0 Å². The molecule has 1 heterocycles. The monoisotopic (exact) mass is 217 g/mol. The Morgan fingerprint density at radius 3 is 2.69 bits per heavy atom. The van der Waals surface area contributed by atoms with E-state index in [1.807, 2.05) is 18.7 Å². The molecule has 1 rings (SSSR count). The Bertz CT molecular complexity index is 196. The van der Waals surface area contributed by atoms with Crippen molar-refractivity contribution < 1.29 is 4.79 Å². The van der Waals surface area contributed by atoms with Crippen molar-refractivity contribution in [2.45, 2.75) is 44.7 Å². The quantitative estimate of drug-likeness (QED) is 0.512. The molecule has 0 aliphatic carbocycles. The Hall–Kier alpha value is -0.0231.